The van der Waals surface area contributed by atoms with Gasteiger partial charge in [0.25, 0.3) is 0 Å². The summed E-state index contributed by atoms with van der Waals surface area (Å²) < 4.78 is 5.25. The molecule has 1 fully saturated rings. The molecule has 2 amide bonds. The number of anilines is 2. The molecule has 0 saturated heterocycles. The molecule has 1 aromatic rings. The van der Waals surface area contributed by atoms with E-state index in [-0.39, 0.29) is 18.4 Å². The highest BCUT2D eigenvalue weighted by molar-refractivity contribution is 5.90. The number of amides is 2. The number of carbonyl (C=O) groups excluding carboxylic acids is 2. The van der Waals surface area contributed by atoms with Gasteiger partial charge in [-0.3, -0.25) is 9.59 Å². The molecule has 0 bridgehead atoms. The summed E-state index contributed by atoms with van der Waals surface area (Å²) in [6.07, 6.45) is 3.29. The molecular formula is C17H22N4O3. The van der Waals surface area contributed by atoms with Crippen molar-refractivity contribution in [3.8, 4) is 11.8 Å². The molecule has 3 N–H and O–H groups in total. The van der Waals surface area contributed by atoms with Crippen LogP contribution >= 0.6 is 0 Å². The molecule has 0 unspecified atom stereocenters. The van der Waals surface area contributed by atoms with E-state index in [1.807, 2.05) is 0 Å². The van der Waals surface area contributed by atoms with E-state index in [1.54, 1.807) is 18.2 Å². The predicted octanol–water partition coefficient (Wildman–Crippen LogP) is 2.02. The normalized spacial score (nSPS) is 15.2. The van der Waals surface area contributed by atoms with Crippen LogP contribution in [0.1, 0.15) is 32.6 Å². The van der Waals surface area contributed by atoms with E-state index < -0.39 is 5.54 Å². The average Bonchev–Trinajstić information content (AvgIpc) is 3.01. The Bertz CT molecular complexity index is 660. The monoisotopic (exact) mass is 330 g/mol. The Hall–Kier alpha value is -2.75. The number of benzene rings is 1. The second kappa shape index (κ2) is 7.68. The molecule has 0 spiro atoms. The Kier molecular flexibility index (Phi) is 5.64. The maximum atomic E-state index is 12.2. The molecule has 0 atom stereocenters. The van der Waals surface area contributed by atoms with E-state index in [0.29, 0.717) is 30.0 Å². The molecule has 7 heteroatoms. The summed E-state index contributed by atoms with van der Waals surface area (Å²) in [6.45, 7) is 1.44. The van der Waals surface area contributed by atoms with Gasteiger partial charge in [0.2, 0.25) is 11.8 Å². The first kappa shape index (κ1) is 17.6. The highest BCUT2D eigenvalue weighted by Crippen LogP contribution is 2.29. The minimum atomic E-state index is -0.735. The minimum absolute atomic E-state index is 0.0172. The topological polar surface area (TPSA) is 103 Å². The van der Waals surface area contributed by atoms with Gasteiger partial charge in [0, 0.05) is 12.6 Å². The summed E-state index contributed by atoms with van der Waals surface area (Å²) in [5.74, 6) is 0.138. The molecule has 2 rings (SSSR count). The Labute approximate surface area is 141 Å². The van der Waals surface area contributed by atoms with Crippen molar-refractivity contribution in [1.29, 1.82) is 5.26 Å². The van der Waals surface area contributed by atoms with Crippen LogP contribution in [-0.4, -0.2) is 31.0 Å². The summed E-state index contributed by atoms with van der Waals surface area (Å²) in [6, 6.07) is 7.35. The van der Waals surface area contributed by atoms with Crippen LogP contribution in [0, 0.1) is 11.3 Å². The van der Waals surface area contributed by atoms with Crippen molar-refractivity contribution in [3.63, 3.8) is 0 Å². The highest BCUT2D eigenvalue weighted by atomic mass is 16.5. The van der Waals surface area contributed by atoms with Crippen LogP contribution in [0.5, 0.6) is 5.75 Å². The van der Waals surface area contributed by atoms with Crippen LogP contribution in [0.2, 0.25) is 0 Å². The maximum Gasteiger partial charge on any atom is 0.240 e. The quantitative estimate of drug-likeness (QED) is 0.740. The first-order valence-electron chi connectivity index (χ1n) is 7.90. The van der Waals surface area contributed by atoms with Crippen molar-refractivity contribution in [3.05, 3.63) is 18.2 Å². The van der Waals surface area contributed by atoms with Gasteiger partial charge in [-0.2, -0.15) is 5.26 Å². The lowest BCUT2D eigenvalue weighted by Crippen LogP contribution is -2.47. The molecule has 0 aromatic heterocycles. The van der Waals surface area contributed by atoms with Gasteiger partial charge in [0.1, 0.15) is 11.3 Å². The van der Waals surface area contributed by atoms with E-state index in [0.717, 1.165) is 12.8 Å². The van der Waals surface area contributed by atoms with Crippen molar-refractivity contribution in [2.45, 2.75) is 38.1 Å². The lowest BCUT2D eigenvalue weighted by molar-refractivity contribution is -0.120. The molecule has 7 nitrogen and oxygen atoms in total. The summed E-state index contributed by atoms with van der Waals surface area (Å²) in [5.41, 5.74) is 0.466. The molecule has 0 aliphatic heterocycles. The van der Waals surface area contributed by atoms with Crippen molar-refractivity contribution in [1.82, 2.24) is 5.32 Å². The fraction of sp³-hybridized carbons (Fsp3) is 0.471. The number of nitriles is 1. The number of ether oxygens (including phenoxy) is 1. The largest absolute Gasteiger partial charge is 0.495 e. The van der Waals surface area contributed by atoms with E-state index >= 15 is 0 Å². The molecule has 24 heavy (non-hydrogen) atoms. The number of methoxy groups -OCH3 is 1. The van der Waals surface area contributed by atoms with Gasteiger partial charge in [0.05, 0.1) is 25.4 Å². The Morgan fingerprint density at radius 3 is 2.62 bits per heavy atom. The van der Waals surface area contributed by atoms with Gasteiger partial charge in [-0.15, -0.1) is 0 Å². The van der Waals surface area contributed by atoms with E-state index in [9.17, 15) is 14.9 Å². The molecular weight excluding hydrogens is 308 g/mol. The van der Waals surface area contributed by atoms with Crippen LogP contribution < -0.4 is 20.7 Å². The van der Waals surface area contributed by atoms with Gasteiger partial charge in [0.15, 0.2) is 0 Å². The standard InChI is InChI=1S/C17H22N4O3/c1-12(22)20-13-5-6-15(24-2)14(9-13)19-10-16(23)21-17(11-18)7-3-4-8-17/h5-6,9,19H,3-4,7-8,10H2,1-2H3,(H,20,22)(H,21,23). The SMILES string of the molecule is COc1ccc(NC(C)=O)cc1NCC(=O)NC1(C#N)CCCC1. The number of hydrogen-bond acceptors (Lipinski definition) is 5. The second-order valence-electron chi connectivity index (χ2n) is 5.90. The van der Waals surface area contributed by atoms with Gasteiger partial charge in [-0.25, -0.2) is 0 Å². The van der Waals surface area contributed by atoms with Crippen LogP contribution in [0.25, 0.3) is 0 Å². The molecule has 128 valence electrons. The number of hydrogen-bond donors (Lipinski definition) is 3. The van der Waals surface area contributed by atoms with E-state index in [2.05, 4.69) is 22.0 Å². The number of carbonyl (C=O) groups is 2. The molecule has 1 aliphatic carbocycles. The Balaban J connectivity index is 2.01. The first-order valence-corrected chi connectivity index (χ1v) is 7.90. The van der Waals surface area contributed by atoms with Gasteiger partial charge in [-0.05, 0) is 43.9 Å². The zero-order valence-electron chi connectivity index (χ0n) is 13.9. The summed E-state index contributed by atoms with van der Waals surface area (Å²) in [4.78, 5) is 23.3. The summed E-state index contributed by atoms with van der Waals surface area (Å²) in [7, 11) is 1.53. The van der Waals surface area contributed by atoms with Crippen LogP contribution in [0.4, 0.5) is 11.4 Å². The van der Waals surface area contributed by atoms with Gasteiger partial charge in [-0.1, -0.05) is 0 Å². The third-order valence-corrected chi connectivity index (χ3v) is 4.01. The number of rotatable bonds is 6. The van der Waals surface area contributed by atoms with Gasteiger partial charge < -0.3 is 20.7 Å². The molecule has 0 heterocycles. The van der Waals surface area contributed by atoms with Crippen molar-refractivity contribution in [2.75, 3.05) is 24.3 Å². The van der Waals surface area contributed by atoms with Gasteiger partial charge >= 0.3 is 0 Å². The molecule has 0 radical (unpaired) electrons. The van der Waals surface area contributed by atoms with E-state index in [4.69, 9.17) is 4.74 Å². The zero-order valence-corrected chi connectivity index (χ0v) is 13.9. The summed E-state index contributed by atoms with van der Waals surface area (Å²) >= 11 is 0. The molecule has 1 aromatic carbocycles. The lowest BCUT2D eigenvalue weighted by Gasteiger charge is -2.22. The van der Waals surface area contributed by atoms with Crippen molar-refractivity contribution in [2.24, 2.45) is 0 Å². The van der Waals surface area contributed by atoms with Crippen LogP contribution in [-0.2, 0) is 9.59 Å². The molecule has 1 saturated carbocycles. The third-order valence-electron chi connectivity index (χ3n) is 4.01. The summed E-state index contributed by atoms with van der Waals surface area (Å²) in [5, 5.41) is 17.8. The lowest BCUT2D eigenvalue weighted by atomic mass is 10.00. The van der Waals surface area contributed by atoms with Crippen LogP contribution in [0.3, 0.4) is 0 Å². The second-order valence-corrected chi connectivity index (χ2v) is 5.90. The third kappa shape index (κ3) is 4.38. The fourth-order valence-corrected chi connectivity index (χ4v) is 2.86. The average molecular weight is 330 g/mol. The number of nitrogens with one attached hydrogen (secondary N) is 3. The predicted molar refractivity (Wildman–Crippen MR) is 90.7 cm³/mol. The smallest absolute Gasteiger partial charge is 0.240 e. The minimum Gasteiger partial charge on any atom is -0.495 e. The Morgan fingerprint density at radius 2 is 2.04 bits per heavy atom. The molecule has 1 aliphatic rings. The fourth-order valence-electron chi connectivity index (χ4n) is 2.86. The zero-order chi connectivity index (χ0) is 17.6. The first-order chi connectivity index (χ1) is 11.5. The highest BCUT2D eigenvalue weighted by Gasteiger charge is 2.35. The van der Waals surface area contributed by atoms with E-state index in [1.165, 1.54) is 14.0 Å². The number of nitrogens with zero attached hydrogens (tertiary/aromatic N) is 1. The van der Waals surface area contributed by atoms with Crippen molar-refractivity contribution >= 4 is 23.2 Å². The van der Waals surface area contributed by atoms with Crippen molar-refractivity contribution < 1.29 is 14.3 Å². The van der Waals surface area contributed by atoms with Crippen LogP contribution in [0.15, 0.2) is 18.2 Å². The maximum absolute atomic E-state index is 12.2. The Morgan fingerprint density at radius 1 is 1.33 bits per heavy atom.